The lowest BCUT2D eigenvalue weighted by Gasteiger charge is -1.89. The van der Waals surface area contributed by atoms with Gasteiger partial charge in [-0.3, -0.25) is 4.79 Å². The first kappa shape index (κ1) is 11.3. The number of carboxylic acids is 1. The molecule has 0 atom stereocenters. The summed E-state index contributed by atoms with van der Waals surface area (Å²) in [4.78, 5) is 24.3. The number of aliphatic carboxylic acids is 1. The molecule has 13 heavy (non-hydrogen) atoms. The van der Waals surface area contributed by atoms with Crippen molar-refractivity contribution in [1.29, 1.82) is 0 Å². The molecule has 5 N–H and O–H groups in total. The summed E-state index contributed by atoms with van der Waals surface area (Å²) in [6, 6.07) is 0. The fraction of sp³-hybridized carbons (Fsp3) is 0.286. The Morgan fingerprint density at radius 1 is 1.46 bits per heavy atom. The normalized spacial score (nSPS) is 11.9. The van der Waals surface area contributed by atoms with E-state index in [1.165, 1.54) is 6.21 Å². The third-order valence-corrected chi connectivity index (χ3v) is 1.04. The van der Waals surface area contributed by atoms with Crippen LogP contribution in [0.5, 0.6) is 0 Å². The highest BCUT2D eigenvalue weighted by Crippen LogP contribution is 1.86. The zero-order valence-corrected chi connectivity index (χ0v) is 6.93. The Bertz CT molecular complexity index is 258. The molecule has 0 fully saturated rings. The van der Waals surface area contributed by atoms with Crippen LogP contribution in [0.2, 0.25) is 0 Å². The lowest BCUT2D eigenvalue weighted by Crippen LogP contribution is -2.11. The number of carbonyl (C=O) groups is 2. The Balaban J connectivity index is 4.14. The summed E-state index contributed by atoms with van der Waals surface area (Å²) >= 11 is 0. The van der Waals surface area contributed by atoms with E-state index in [0.717, 1.165) is 6.08 Å². The first-order valence-corrected chi connectivity index (χ1v) is 3.55. The summed E-state index contributed by atoms with van der Waals surface area (Å²) in [7, 11) is 0. The maximum atomic E-state index is 10.8. The Kier molecular flexibility index (Phi) is 5.13. The number of nitrogens with zero attached hydrogens (tertiary/aromatic N) is 1. The van der Waals surface area contributed by atoms with Gasteiger partial charge in [-0.15, -0.1) is 0 Å². The summed E-state index contributed by atoms with van der Waals surface area (Å²) in [6.45, 7) is 0.384. The van der Waals surface area contributed by atoms with Gasteiger partial charge in [-0.2, -0.15) is 0 Å². The van der Waals surface area contributed by atoms with Crippen molar-refractivity contribution in [2.45, 2.75) is 6.42 Å². The van der Waals surface area contributed by atoms with Gasteiger partial charge < -0.3 is 16.6 Å². The van der Waals surface area contributed by atoms with Gasteiger partial charge in [0.25, 0.3) is 5.91 Å². The molecule has 0 aliphatic heterocycles. The minimum absolute atomic E-state index is 0.384. The summed E-state index contributed by atoms with van der Waals surface area (Å²) in [5.41, 5.74) is 9.56. The van der Waals surface area contributed by atoms with Crippen LogP contribution in [0.1, 0.15) is 6.42 Å². The van der Waals surface area contributed by atoms with Gasteiger partial charge in [-0.25, -0.2) is 9.79 Å². The largest absolute Gasteiger partial charge is 0.477 e. The molecule has 0 bridgehead atoms. The molecule has 0 saturated carbocycles. The Morgan fingerprint density at radius 2 is 2.08 bits per heavy atom. The van der Waals surface area contributed by atoms with Crippen molar-refractivity contribution < 1.29 is 14.7 Å². The van der Waals surface area contributed by atoms with Gasteiger partial charge in [0, 0.05) is 12.3 Å². The van der Waals surface area contributed by atoms with Crippen molar-refractivity contribution in [1.82, 2.24) is 0 Å². The standard InChI is InChI=1S/C7H11N3O3/c8-2-1-3-10-6(11)4-5(9)7(12)13/h3-4H,1-2,8-9H2,(H,12,13)/b5-4+,10-3?. The van der Waals surface area contributed by atoms with Crippen molar-refractivity contribution in [3.63, 3.8) is 0 Å². The third-order valence-electron chi connectivity index (χ3n) is 1.04. The second-order valence-electron chi connectivity index (χ2n) is 2.13. The average Bonchev–Trinajstić information content (AvgIpc) is 2.04. The number of carbonyl (C=O) groups excluding carboxylic acids is 1. The van der Waals surface area contributed by atoms with Gasteiger partial charge in [-0.1, -0.05) is 0 Å². The van der Waals surface area contributed by atoms with Gasteiger partial charge in [-0.05, 0) is 13.0 Å². The van der Waals surface area contributed by atoms with Crippen LogP contribution in [0.15, 0.2) is 16.8 Å². The van der Waals surface area contributed by atoms with Crippen molar-refractivity contribution >= 4 is 18.1 Å². The Hall–Kier alpha value is -1.69. The number of hydrogen-bond donors (Lipinski definition) is 3. The Labute approximate surface area is 74.9 Å². The fourth-order valence-corrected chi connectivity index (χ4v) is 0.461. The van der Waals surface area contributed by atoms with Crippen LogP contribution in [-0.4, -0.2) is 29.7 Å². The third kappa shape index (κ3) is 5.57. The van der Waals surface area contributed by atoms with Crippen molar-refractivity contribution in [3.8, 4) is 0 Å². The van der Waals surface area contributed by atoms with Crippen molar-refractivity contribution in [3.05, 3.63) is 11.8 Å². The predicted octanol–water partition coefficient (Wildman–Crippen LogP) is -1.14. The van der Waals surface area contributed by atoms with Crippen LogP contribution >= 0.6 is 0 Å². The topological polar surface area (TPSA) is 119 Å². The molecule has 0 saturated heterocycles. The minimum Gasteiger partial charge on any atom is -0.477 e. The molecule has 0 aliphatic carbocycles. The number of amides is 1. The number of aliphatic imine (C=N–C) groups is 1. The maximum Gasteiger partial charge on any atom is 0.351 e. The zero-order valence-electron chi connectivity index (χ0n) is 6.93. The molecule has 0 aromatic carbocycles. The zero-order chi connectivity index (χ0) is 10.3. The maximum absolute atomic E-state index is 10.8. The van der Waals surface area contributed by atoms with E-state index in [2.05, 4.69) is 4.99 Å². The summed E-state index contributed by atoms with van der Waals surface area (Å²) < 4.78 is 0. The van der Waals surface area contributed by atoms with E-state index in [-0.39, 0.29) is 0 Å². The van der Waals surface area contributed by atoms with E-state index in [9.17, 15) is 9.59 Å². The summed E-state index contributed by atoms with van der Waals surface area (Å²) in [5, 5.41) is 8.29. The molecule has 6 heteroatoms. The lowest BCUT2D eigenvalue weighted by molar-refractivity contribution is -0.133. The van der Waals surface area contributed by atoms with E-state index in [4.69, 9.17) is 16.6 Å². The monoisotopic (exact) mass is 185 g/mol. The molecule has 6 nitrogen and oxygen atoms in total. The highest BCUT2D eigenvalue weighted by atomic mass is 16.4. The van der Waals surface area contributed by atoms with Crippen LogP contribution < -0.4 is 11.5 Å². The first-order chi connectivity index (χ1) is 6.07. The highest BCUT2D eigenvalue weighted by Gasteiger charge is 2.02. The number of carboxylic acid groups (broad SMARTS) is 1. The van der Waals surface area contributed by atoms with Crippen LogP contribution in [0.3, 0.4) is 0 Å². The molecule has 0 aromatic heterocycles. The SMILES string of the molecule is NCCC=NC(=O)/C=C(/N)C(=O)O. The molecule has 72 valence electrons. The molecule has 0 unspecified atom stereocenters. The van der Waals surface area contributed by atoms with Crippen molar-refractivity contribution in [2.24, 2.45) is 16.5 Å². The Morgan fingerprint density at radius 3 is 2.54 bits per heavy atom. The molecule has 1 amide bonds. The average molecular weight is 185 g/mol. The molecule has 0 rings (SSSR count). The van der Waals surface area contributed by atoms with Crippen molar-refractivity contribution in [2.75, 3.05) is 6.54 Å². The molecular weight excluding hydrogens is 174 g/mol. The lowest BCUT2D eigenvalue weighted by atomic mass is 10.4. The van der Waals surface area contributed by atoms with Gasteiger partial charge >= 0.3 is 5.97 Å². The minimum atomic E-state index is -1.35. The molecular formula is C7H11N3O3. The van der Waals surface area contributed by atoms with Gasteiger partial charge in [0.1, 0.15) is 5.70 Å². The molecule has 0 spiro atoms. The van der Waals surface area contributed by atoms with E-state index in [1.807, 2.05) is 0 Å². The molecule has 0 heterocycles. The van der Waals surface area contributed by atoms with Gasteiger partial charge in [0.05, 0.1) is 0 Å². The fourth-order valence-electron chi connectivity index (χ4n) is 0.461. The number of nitrogens with two attached hydrogens (primary N) is 2. The quantitative estimate of drug-likeness (QED) is 0.378. The van der Waals surface area contributed by atoms with Crippen LogP contribution in [-0.2, 0) is 9.59 Å². The second-order valence-corrected chi connectivity index (χ2v) is 2.13. The van der Waals surface area contributed by atoms with Crippen LogP contribution in [0, 0.1) is 0 Å². The van der Waals surface area contributed by atoms with Gasteiger partial charge in [0.2, 0.25) is 0 Å². The predicted molar refractivity (Wildman–Crippen MR) is 47.1 cm³/mol. The van der Waals surface area contributed by atoms with Crippen LogP contribution in [0.25, 0.3) is 0 Å². The van der Waals surface area contributed by atoms with E-state index >= 15 is 0 Å². The highest BCUT2D eigenvalue weighted by molar-refractivity contribution is 5.99. The van der Waals surface area contributed by atoms with Gasteiger partial charge in [0.15, 0.2) is 0 Å². The second kappa shape index (κ2) is 5.90. The number of hydrogen-bond acceptors (Lipinski definition) is 4. The molecule has 0 aliphatic rings. The molecule has 0 aromatic rings. The molecule has 0 radical (unpaired) electrons. The van der Waals surface area contributed by atoms with E-state index in [0.29, 0.717) is 13.0 Å². The van der Waals surface area contributed by atoms with E-state index < -0.39 is 17.6 Å². The summed E-state index contributed by atoms with van der Waals surface area (Å²) in [5.74, 6) is -2.05. The van der Waals surface area contributed by atoms with E-state index in [1.54, 1.807) is 0 Å². The summed E-state index contributed by atoms with van der Waals surface area (Å²) in [6.07, 6.45) is 2.52. The van der Waals surface area contributed by atoms with Crippen LogP contribution in [0.4, 0.5) is 0 Å². The first-order valence-electron chi connectivity index (χ1n) is 3.55. The smallest absolute Gasteiger partial charge is 0.351 e. The number of rotatable bonds is 4.